The molecule has 0 fully saturated rings. The molecule has 3 rings (SSSR count). The minimum Gasteiger partial charge on any atom is -0.461 e. The summed E-state index contributed by atoms with van der Waals surface area (Å²) in [6.07, 6.45) is 5.39. The highest BCUT2D eigenvalue weighted by Crippen LogP contribution is 2.47. The number of allylic oxidation sites excluding steroid dienone is 1. The van der Waals surface area contributed by atoms with Crippen LogP contribution in [0.4, 0.5) is 5.69 Å². The normalized spacial score (nSPS) is 15.4. The number of carbonyl (C=O) groups excluding carboxylic acids is 1. The van der Waals surface area contributed by atoms with Gasteiger partial charge in [-0.15, -0.1) is 0 Å². The van der Waals surface area contributed by atoms with E-state index in [2.05, 4.69) is 39.9 Å². The summed E-state index contributed by atoms with van der Waals surface area (Å²) >= 11 is 5.16. The number of rotatable bonds is 5. The number of nitrogens with zero attached hydrogens (tertiary/aromatic N) is 1. The fraction of sp³-hybridized carbons (Fsp3) is 0.235. The summed E-state index contributed by atoms with van der Waals surface area (Å²) in [5.41, 5.74) is 1.16. The number of unbranched alkanes of at least 4 members (excludes halogenated alkanes) is 1. The van der Waals surface area contributed by atoms with Crippen molar-refractivity contribution in [1.29, 1.82) is 0 Å². The summed E-state index contributed by atoms with van der Waals surface area (Å²) in [4.78, 5) is 15.7. The van der Waals surface area contributed by atoms with Crippen LogP contribution >= 0.6 is 27.7 Å². The third-order valence-corrected chi connectivity index (χ3v) is 5.05. The van der Waals surface area contributed by atoms with Crippen molar-refractivity contribution in [3.8, 4) is 0 Å². The Kier molecular flexibility index (Phi) is 4.74. The van der Waals surface area contributed by atoms with E-state index in [9.17, 15) is 4.79 Å². The predicted molar refractivity (Wildman–Crippen MR) is 93.4 cm³/mol. The summed E-state index contributed by atoms with van der Waals surface area (Å²) in [5.74, 6) is 0.279. The van der Waals surface area contributed by atoms with Gasteiger partial charge in [-0.2, -0.15) is 0 Å². The van der Waals surface area contributed by atoms with Crippen LogP contribution in [0.1, 0.15) is 30.3 Å². The molecule has 1 aromatic heterocycles. The van der Waals surface area contributed by atoms with E-state index in [0.29, 0.717) is 5.76 Å². The number of carbonyl (C=O) groups is 1. The van der Waals surface area contributed by atoms with E-state index in [0.717, 1.165) is 34.6 Å². The van der Waals surface area contributed by atoms with Crippen molar-refractivity contribution in [2.75, 3.05) is 11.4 Å². The number of anilines is 1. The molecule has 0 N–H and O–H groups in total. The molecule has 2 heterocycles. The van der Waals surface area contributed by atoms with Crippen molar-refractivity contribution in [2.24, 2.45) is 0 Å². The van der Waals surface area contributed by atoms with Gasteiger partial charge in [-0.25, -0.2) is 0 Å². The van der Waals surface area contributed by atoms with Crippen molar-refractivity contribution in [3.63, 3.8) is 0 Å². The molecular weight excluding hydrogens is 362 g/mol. The Bertz CT molecular complexity index is 709. The van der Waals surface area contributed by atoms with Crippen LogP contribution in [-0.2, 0) is 0 Å². The second-order valence-electron chi connectivity index (χ2n) is 5.04. The quantitative estimate of drug-likeness (QED) is 0.510. The number of ketones is 1. The molecule has 22 heavy (non-hydrogen) atoms. The van der Waals surface area contributed by atoms with Crippen LogP contribution in [-0.4, -0.2) is 12.3 Å². The molecule has 2 aromatic rings. The Labute approximate surface area is 142 Å². The molecule has 0 saturated carbocycles. The highest BCUT2D eigenvalue weighted by molar-refractivity contribution is 9.10. The monoisotopic (exact) mass is 377 g/mol. The van der Waals surface area contributed by atoms with Crippen molar-refractivity contribution in [1.82, 2.24) is 0 Å². The molecule has 0 aliphatic carbocycles. The standard InChI is InChI=1S/C17H16BrNO2S/c1-2-3-8-19-13-10-12(18)6-7-16(13)22-17(19)11-14(20)15-5-4-9-21-15/h4-7,9-11H,2-3,8H2,1H3/b17-11-. The molecule has 0 bridgehead atoms. The first-order valence-electron chi connectivity index (χ1n) is 7.23. The maximum Gasteiger partial charge on any atom is 0.223 e. The predicted octanol–water partition coefficient (Wildman–Crippen LogP) is 5.48. The lowest BCUT2D eigenvalue weighted by atomic mass is 10.2. The largest absolute Gasteiger partial charge is 0.461 e. The minimum absolute atomic E-state index is 0.0964. The minimum atomic E-state index is -0.0964. The molecule has 0 atom stereocenters. The second kappa shape index (κ2) is 6.75. The molecule has 5 heteroatoms. The van der Waals surface area contributed by atoms with Crippen LogP contribution in [0.2, 0.25) is 0 Å². The van der Waals surface area contributed by atoms with Crippen molar-refractivity contribution < 1.29 is 9.21 Å². The van der Waals surface area contributed by atoms with Crippen LogP contribution in [0.3, 0.4) is 0 Å². The number of hydrogen-bond donors (Lipinski definition) is 0. The zero-order valence-electron chi connectivity index (χ0n) is 12.2. The Morgan fingerprint density at radius 3 is 3.00 bits per heavy atom. The Morgan fingerprint density at radius 1 is 1.41 bits per heavy atom. The lowest BCUT2D eigenvalue weighted by molar-refractivity contribution is 0.102. The van der Waals surface area contributed by atoms with Crippen LogP contribution in [0.5, 0.6) is 0 Å². The Balaban J connectivity index is 1.92. The first-order chi connectivity index (χ1) is 10.7. The van der Waals surface area contributed by atoms with Gasteiger partial charge in [0.15, 0.2) is 5.76 Å². The molecule has 114 valence electrons. The van der Waals surface area contributed by atoms with Gasteiger partial charge in [0, 0.05) is 22.0 Å². The topological polar surface area (TPSA) is 33.5 Å². The van der Waals surface area contributed by atoms with E-state index in [1.807, 2.05) is 6.07 Å². The van der Waals surface area contributed by atoms with Gasteiger partial charge in [-0.1, -0.05) is 41.0 Å². The third-order valence-electron chi connectivity index (χ3n) is 3.45. The van der Waals surface area contributed by atoms with Gasteiger partial charge in [0.2, 0.25) is 5.78 Å². The second-order valence-corrected chi connectivity index (χ2v) is 7.02. The van der Waals surface area contributed by atoms with Crippen LogP contribution in [0, 0.1) is 0 Å². The first-order valence-corrected chi connectivity index (χ1v) is 8.84. The fourth-order valence-electron chi connectivity index (χ4n) is 2.33. The average Bonchev–Trinajstić information content (AvgIpc) is 3.13. The smallest absolute Gasteiger partial charge is 0.223 e. The Morgan fingerprint density at radius 2 is 2.27 bits per heavy atom. The molecule has 0 spiro atoms. The summed E-state index contributed by atoms with van der Waals surface area (Å²) in [7, 11) is 0. The number of benzene rings is 1. The first kappa shape index (κ1) is 15.4. The maximum absolute atomic E-state index is 12.3. The summed E-state index contributed by atoms with van der Waals surface area (Å²) in [6.45, 7) is 3.08. The fourth-order valence-corrected chi connectivity index (χ4v) is 3.78. The molecule has 1 aliphatic heterocycles. The molecule has 3 nitrogen and oxygen atoms in total. The highest BCUT2D eigenvalue weighted by atomic mass is 79.9. The summed E-state index contributed by atoms with van der Waals surface area (Å²) in [5, 5.41) is 0.961. The maximum atomic E-state index is 12.3. The number of furan rings is 1. The zero-order chi connectivity index (χ0) is 15.5. The van der Waals surface area contributed by atoms with Crippen LogP contribution in [0.15, 0.2) is 61.5 Å². The lowest BCUT2D eigenvalue weighted by Crippen LogP contribution is -2.19. The molecular formula is C17H16BrNO2S. The van der Waals surface area contributed by atoms with Gasteiger partial charge in [-0.3, -0.25) is 4.79 Å². The van der Waals surface area contributed by atoms with E-state index in [1.54, 1.807) is 30.0 Å². The van der Waals surface area contributed by atoms with Gasteiger partial charge in [0.05, 0.1) is 17.0 Å². The SMILES string of the molecule is CCCCN1/C(=C/C(=O)c2ccco2)Sc2ccc(Br)cc21. The summed E-state index contributed by atoms with van der Waals surface area (Å²) in [6, 6.07) is 9.64. The molecule has 0 saturated heterocycles. The summed E-state index contributed by atoms with van der Waals surface area (Å²) < 4.78 is 6.24. The van der Waals surface area contributed by atoms with Crippen LogP contribution in [0.25, 0.3) is 0 Å². The van der Waals surface area contributed by atoms with Gasteiger partial charge >= 0.3 is 0 Å². The molecule has 0 unspecified atom stereocenters. The number of thioether (sulfide) groups is 1. The zero-order valence-corrected chi connectivity index (χ0v) is 14.6. The number of fused-ring (bicyclic) bond motifs is 1. The van der Waals surface area contributed by atoms with Crippen LogP contribution < -0.4 is 4.90 Å². The lowest BCUT2D eigenvalue weighted by Gasteiger charge is -2.20. The molecule has 1 aromatic carbocycles. The average molecular weight is 378 g/mol. The van der Waals surface area contributed by atoms with E-state index in [1.165, 1.54) is 11.2 Å². The number of hydrogen-bond acceptors (Lipinski definition) is 4. The van der Waals surface area contributed by atoms with E-state index < -0.39 is 0 Å². The van der Waals surface area contributed by atoms with E-state index in [-0.39, 0.29) is 5.78 Å². The van der Waals surface area contributed by atoms with Crippen molar-refractivity contribution >= 4 is 39.2 Å². The van der Waals surface area contributed by atoms with Gasteiger partial charge in [0.1, 0.15) is 0 Å². The van der Waals surface area contributed by atoms with Gasteiger partial charge < -0.3 is 9.32 Å². The van der Waals surface area contributed by atoms with E-state index in [4.69, 9.17) is 4.42 Å². The molecule has 1 aliphatic rings. The highest BCUT2D eigenvalue weighted by Gasteiger charge is 2.26. The Hall–Kier alpha value is -1.46. The van der Waals surface area contributed by atoms with Gasteiger partial charge in [-0.05, 0) is 36.8 Å². The van der Waals surface area contributed by atoms with Crippen molar-refractivity contribution in [2.45, 2.75) is 24.7 Å². The van der Waals surface area contributed by atoms with E-state index >= 15 is 0 Å². The molecule has 0 amide bonds. The number of halogens is 1. The van der Waals surface area contributed by atoms with Gasteiger partial charge in [0.25, 0.3) is 0 Å². The molecule has 0 radical (unpaired) electrons. The third kappa shape index (κ3) is 3.15. The van der Waals surface area contributed by atoms with Crippen molar-refractivity contribution in [3.05, 3.63) is 57.9 Å².